The van der Waals surface area contributed by atoms with Crippen LogP contribution >= 0.6 is 0 Å². The summed E-state index contributed by atoms with van der Waals surface area (Å²) in [4.78, 5) is 15.1. The minimum absolute atomic E-state index is 0.0790. The van der Waals surface area contributed by atoms with Crippen LogP contribution in [0.2, 0.25) is 0 Å². The van der Waals surface area contributed by atoms with Crippen LogP contribution in [0.5, 0.6) is 5.75 Å². The number of aliphatic hydroxyl groups excluding tert-OH is 1. The summed E-state index contributed by atoms with van der Waals surface area (Å²) in [5.41, 5.74) is 2.90. The van der Waals surface area contributed by atoms with Crippen LogP contribution in [0, 0.1) is 0 Å². The Bertz CT molecular complexity index is 883. The normalized spacial score (nSPS) is 15.8. The monoisotopic (exact) mass is 466 g/mol. The molecule has 186 valence electrons. The number of carbonyl (C=O) groups is 1. The van der Waals surface area contributed by atoms with E-state index in [0.29, 0.717) is 31.7 Å². The van der Waals surface area contributed by atoms with Crippen LogP contribution in [-0.4, -0.2) is 55.1 Å². The molecule has 1 saturated heterocycles. The maximum atomic E-state index is 12.6. The zero-order valence-electron chi connectivity index (χ0n) is 21.2. The maximum Gasteiger partial charge on any atom is 0.164 e. The number of hydrogen-bond acceptors (Lipinski definition) is 5. The number of rotatable bonds is 12. The first-order valence-electron chi connectivity index (χ1n) is 12.8. The molecule has 1 unspecified atom stereocenters. The van der Waals surface area contributed by atoms with Crippen molar-refractivity contribution in [1.29, 1.82) is 0 Å². The molecule has 1 aliphatic heterocycles. The van der Waals surface area contributed by atoms with Crippen molar-refractivity contribution in [3.05, 3.63) is 65.2 Å². The third-order valence-corrected chi connectivity index (χ3v) is 6.52. The van der Waals surface area contributed by atoms with Crippen LogP contribution in [-0.2, 0) is 5.41 Å². The predicted molar refractivity (Wildman–Crippen MR) is 139 cm³/mol. The lowest BCUT2D eigenvalue weighted by Gasteiger charge is -2.26. The van der Waals surface area contributed by atoms with Crippen molar-refractivity contribution in [2.45, 2.75) is 64.4 Å². The van der Waals surface area contributed by atoms with Crippen molar-refractivity contribution in [3.8, 4) is 5.75 Å². The van der Waals surface area contributed by atoms with Crippen molar-refractivity contribution in [1.82, 2.24) is 10.2 Å². The van der Waals surface area contributed by atoms with Gasteiger partial charge in [0.2, 0.25) is 0 Å². The SMILES string of the molecule is CC(C)(C)c1ccc(C(O)CNCCC(=O)c2cccc(OCCCN3CCCCC3)c2)cc1. The Balaban J connectivity index is 1.35. The van der Waals surface area contributed by atoms with Gasteiger partial charge < -0.3 is 20.1 Å². The second-order valence-electron chi connectivity index (χ2n) is 10.4. The van der Waals surface area contributed by atoms with Crippen LogP contribution in [0.4, 0.5) is 0 Å². The van der Waals surface area contributed by atoms with Gasteiger partial charge in [-0.3, -0.25) is 4.79 Å². The van der Waals surface area contributed by atoms with E-state index in [0.717, 1.165) is 24.3 Å². The summed E-state index contributed by atoms with van der Waals surface area (Å²) in [7, 11) is 0. The van der Waals surface area contributed by atoms with Crippen LogP contribution in [0.15, 0.2) is 48.5 Å². The molecule has 0 aliphatic carbocycles. The molecule has 0 spiro atoms. The van der Waals surface area contributed by atoms with Gasteiger partial charge in [0.15, 0.2) is 5.78 Å². The Labute approximate surface area is 205 Å². The van der Waals surface area contributed by atoms with Crippen molar-refractivity contribution in [3.63, 3.8) is 0 Å². The molecule has 0 saturated carbocycles. The fourth-order valence-corrected chi connectivity index (χ4v) is 4.33. The quantitative estimate of drug-likeness (QED) is 0.335. The zero-order chi connectivity index (χ0) is 24.4. The largest absolute Gasteiger partial charge is 0.494 e. The molecule has 3 rings (SSSR count). The Morgan fingerprint density at radius 2 is 1.82 bits per heavy atom. The first-order chi connectivity index (χ1) is 16.3. The molecule has 5 heteroatoms. The molecule has 1 aliphatic rings. The highest BCUT2D eigenvalue weighted by molar-refractivity contribution is 5.96. The fraction of sp³-hybridized carbons (Fsp3) is 0.552. The van der Waals surface area contributed by atoms with Crippen molar-refractivity contribution in [2.75, 3.05) is 39.3 Å². The lowest BCUT2D eigenvalue weighted by Crippen LogP contribution is -2.31. The molecule has 1 atom stereocenters. The number of ether oxygens (including phenoxy) is 1. The van der Waals surface area contributed by atoms with Crippen molar-refractivity contribution in [2.24, 2.45) is 0 Å². The molecule has 0 amide bonds. The van der Waals surface area contributed by atoms with Gasteiger partial charge in [-0.2, -0.15) is 0 Å². The third kappa shape index (κ3) is 8.53. The van der Waals surface area contributed by atoms with Crippen molar-refractivity contribution >= 4 is 5.78 Å². The zero-order valence-corrected chi connectivity index (χ0v) is 21.2. The van der Waals surface area contributed by atoms with Gasteiger partial charge in [0.1, 0.15) is 5.75 Å². The van der Waals surface area contributed by atoms with Crippen LogP contribution < -0.4 is 10.1 Å². The highest BCUT2D eigenvalue weighted by Crippen LogP contribution is 2.24. The predicted octanol–water partition coefficient (Wildman–Crippen LogP) is 5.13. The maximum absolute atomic E-state index is 12.6. The molecular weight excluding hydrogens is 424 g/mol. The van der Waals surface area contributed by atoms with Crippen LogP contribution in [0.25, 0.3) is 0 Å². The van der Waals surface area contributed by atoms with E-state index in [1.54, 1.807) is 0 Å². The third-order valence-electron chi connectivity index (χ3n) is 6.52. The number of likely N-dealkylation sites (tertiary alicyclic amines) is 1. The molecule has 1 fully saturated rings. The number of ketones is 1. The van der Waals surface area contributed by atoms with Gasteiger partial charge in [0.05, 0.1) is 12.7 Å². The average molecular weight is 467 g/mol. The van der Waals surface area contributed by atoms with Gasteiger partial charge in [-0.1, -0.05) is 63.6 Å². The molecule has 0 aromatic heterocycles. The van der Waals surface area contributed by atoms with Gasteiger partial charge >= 0.3 is 0 Å². The number of piperidine rings is 1. The Morgan fingerprint density at radius 3 is 2.53 bits per heavy atom. The van der Waals surface area contributed by atoms with Crippen molar-refractivity contribution < 1.29 is 14.6 Å². The lowest BCUT2D eigenvalue weighted by molar-refractivity contribution is 0.0979. The Morgan fingerprint density at radius 1 is 1.09 bits per heavy atom. The number of Topliss-reactive ketones (excluding diaryl/α,β-unsaturated/α-hetero) is 1. The van der Waals surface area contributed by atoms with E-state index in [2.05, 4.69) is 43.1 Å². The van der Waals surface area contributed by atoms with E-state index in [-0.39, 0.29) is 11.2 Å². The molecule has 2 aromatic rings. The number of carbonyl (C=O) groups excluding carboxylic acids is 1. The molecular formula is C29H42N2O3. The Hall–Kier alpha value is -2.21. The average Bonchev–Trinajstić information content (AvgIpc) is 2.84. The van der Waals surface area contributed by atoms with Gasteiger partial charge in [0.25, 0.3) is 0 Å². The summed E-state index contributed by atoms with van der Waals surface area (Å²) in [6.45, 7) is 11.6. The van der Waals surface area contributed by atoms with E-state index in [9.17, 15) is 9.90 Å². The number of hydrogen-bond donors (Lipinski definition) is 2. The standard InChI is InChI=1S/C29H42N2O3/c1-29(2,3)25-13-11-23(12-14-25)28(33)22-30-16-15-27(32)24-9-7-10-26(21-24)34-20-8-19-31-17-5-4-6-18-31/h7,9-14,21,28,30,33H,4-6,8,15-20,22H2,1-3H3. The highest BCUT2D eigenvalue weighted by Gasteiger charge is 2.15. The van der Waals surface area contributed by atoms with Gasteiger partial charge in [-0.05, 0) is 61.0 Å². The fourth-order valence-electron chi connectivity index (χ4n) is 4.33. The second-order valence-corrected chi connectivity index (χ2v) is 10.4. The minimum atomic E-state index is -0.592. The molecule has 1 heterocycles. The highest BCUT2D eigenvalue weighted by atomic mass is 16.5. The summed E-state index contributed by atoms with van der Waals surface area (Å²) in [5.74, 6) is 0.835. The second kappa shape index (κ2) is 13.0. The first-order valence-corrected chi connectivity index (χ1v) is 12.8. The smallest absolute Gasteiger partial charge is 0.164 e. The molecule has 5 nitrogen and oxygen atoms in total. The number of benzene rings is 2. The number of aliphatic hydroxyl groups is 1. The topological polar surface area (TPSA) is 61.8 Å². The van der Waals surface area contributed by atoms with E-state index < -0.39 is 6.10 Å². The molecule has 2 aromatic carbocycles. The summed E-state index contributed by atoms with van der Waals surface area (Å²) in [5, 5.41) is 13.7. The molecule has 0 bridgehead atoms. The van der Waals surface area contributed by atoms with E-state index in [4.69, 9.17) is 4.74 Å². The molecule has 0 radical (unpaired) electrons. The summed E-state index contributed by atoms with van der Waals surface area (Å²) in [6.07, 6.45) is 4.77. The lowest BCUT2D eigenvalue weighted by atomic mass is 9.86. The van der Waals surface area contributed by atoms with Gasteiger partial charge in [-0.25, -0.2) is 0 Å². The minimum Gasteiger partial charge on any atom is -0.494 e. The van der Waals surface area contributed by atoms with E-state index in [1.807, 2.05) is 36.4 Å². The van der Waals surface area contributed by atoms with Crippen LogP contribution in [0.1, 0.15) is 80.5 Å². The van der Waals surface area contributed by atoms with Gasteiger partial charge in [0, 0.05) is 31.6 Å². The van der Waals surface area contributed by atoms with E-state index in [1.165, 1.54) is 37.9 Å². The number of nitrogens with zero attached hydrogens (tertiary/aromatic N) is 1. The summed E-state index contributed by atoms with van der Waals surface area (Å²) in [6, 6.07) is 15.6. The summed E-state index contributed by atoms with van der Waals surface area (Å²) >= 11 is 0. The summed E-state index contributed by atoms with van der Waals surface area (Å²) < 4.78 is 5.90. The van der Waals surface area contributed by atoms with E-state index >= 15 is 0 Å². The van der Waals surface area contributed by atoms with Crippen LogP contribution in [0.3, 0.4) is 0 Å². The molecule has 2 N–H and O–H groups in total. The Kier molecular flexibility index (Phi) is 10.1. The first kappa shape index (κ1) is 26.4. The number of nitrogens with one attached hydrogen (secondary N) is 1. The molecule has 34 heavy (non-hydrogen) atoms. The van der Waals surface area contributed by atoms with Gasteiger partial charge in [-0.15, -0.1) is 0 Å².